The van der Waals surface area contributed by atoms with Crippen molar-refractivity contribution in [3.05, 3.63) is 99.0 Å². The molecule has 1 aliphatic rings. The zero-order chi connectivity index (χ0) is 37.4. The fraction of sp³-hybridized carbons (Fsp3) is 0.500. The van der Waals surface area contributed by atoms with E-state index in [-0.39, 0.29) is 23.7 Å². The Morgan fingerprint density at radius 1 is 0.882 bits per heavy atom. The van der Waals surface area contributed by atoms with E-state index in [4.69, 9.17) is 32.9 Å². The summed E-state index contributed by atoms with van der Waals surface area (Å²) in [5.41, 5.74) is 3.20. The van der Waals surface area contributed by atoms with Crippen molar-refractivity contribution in [1.29, 1.82) is 0 Å². The summed E-state index contributed by atoms with van der Waals surface area (Å²) in [7, 11) is -3.02. The monoisotopic (exact) mass is 756 g/mol. The Balaban J connectivity index is 1.82. The van der Waals surface area contributed by atoms with Gasteiger partial charge in [0.25, 0.3) is 0 Å². The molecule has 0 aromatic heterocycles. The van der Waals surface area contributed by atoms with Gasteiger partial charge in [0.1, 0.15) is 21.4 Å². The van der Waals surface area contributed by atoms with E-state index in [2.05, 4.69) is 51.7 Å². The molecule has 1 fully saturated rings. The number of sulfone groups is 1. The summed E-state index contributed by atoms with van der Waals surface area (Å²) in [6.45, 7) is 16.5. The lowest BCUT2D eigenvalue weighted by molar-refractivity contribution is 0.125. The number of hydrogen-bond donors (Lipinski definition) is 0. The molecule has 0 spiro atoms. The van der Waals surface area contributed by atoms with Crippen LogP contribution in [0.5, 0.6) is 5.75 Å². The second kappa shape index (κ2) is 17.6. The Bertz CT molecular complexity index is 1750. The van der Waals surface area contributed by atoms with Crippen LogP contribution in [0.3, 0.4) is 0 Å². The Morgan fingerprint density at radius 2 is 1.47 bits per heavy atom. The van der Waals surface area contributed by atoms with E-state index >= 15 is 0 Å². The van der Waals surface area contributed by atoms with Gasteiger partial charge in [0, 0.05) is 42.5 Å². The standard InChI is InChI=1S/C40H54Cl2N4O4S/c1-8-40(6,28-30-11-16-33(41)17-12-30)43-37(35-20-15-32(39(3,4)5)27-36(35)50-9-2)46(29-31-13-18-34(42)19-14-31)38(47)45-24-22-44(23-25-45)21-10-26-51(7,48)49/h11-20,27H,8-10,21-26,28-29H2,1-7H3/b43-37-. The van der Waals surface area contributed by atoms with Gasteiger partial charge in [-0.05, 0) is 98.2 Å². The molecule has 51 heavy (non-hydrogen) atoms. The number of amidine groups is 1. The van der Waals surface area contributed by atoms with Gasteiger partial charge >= 0.3 is 6.03 Å². The molecule has 2 amide bonds. The molecule has 8 nitrogen and oxygen atoms in total. The number of urea groups is 1. The van der Waals surface area contributed by atoms with Crippen LogP contribution in [0.4, 0.5) is 4.79 Å². The van der Waals surface area contributed by atoms with E-state index in [1.54, 1.807) is 4.90 Å². The molecule has 1 saturated heterocycles. The molecule has 3 aromatic carbocycles. The van der Waals surface area contributed by atoms with Crippen molar-refractivity contribution in [2.45, 2.75) is 78.3 Å². The average Bonchev–Trinajstić information content (AvgIpc) is 3.07. The number of ether oxygens (including phenoxy) is 1. The number of piperazine rings is 1. The normalized spacial score (nSPS) is 15.8. The first kappa shape index (κ1) is 40.7. The van der Waals surface area contributed by atoms with Gasteiger partial charge in [-0.25, -0.2) is 13.2 Å². The Labute approximate surface area is 315 Å². The van der Waals surface area contributed by atoms with Gasteiger partial charge in [-0.2, -0.15) is 0 Å². The molecule has 0 aliphatic carbocycles. The van der Waals surface area contributed by atoms with Crippen molar-refractivity contribution in [3.8, 4) is 5.75 Å². The van der Waals surface area contributed by atoms with Gasteiger partial charge < -0.3 is 9.64 Å². The molecular weight excluding hydrogens is 703 g/mol. The first-order chi connectivity index (χ1) is 24.0. The maximum absolute atomic E-state index is 14.9. The highest BCUT2D eigenvalue weighted by molar-refractivity contribution is 7.90. The van der Waals surface area contributed by atoms with Crippen molar-refractivity contribution in [3.63, 3.8) is 0 Å². The summed E-state index contributed by atoms with van der Waals surface area (Å²) >= 11 is 12.5. The van der Waals surface area contributed by atoms with Crippen LogP contribution in [0.15, 0.2) is 71.7 Å². The zero-order valence-corrected chi connectivity index (χ0v) is 33.5. The largest absolute Gasteiger partial charge is 0.493 e. The Morgan fingerprint density at radius 3 is 2.00 bits per heavy atom. The highest BCUT2D eigenvalue weighted by Crippen LogP contribution is 2.33. The lowest BCUT2D eigenvalue weighted by atomic mass is 9.86. The predicted octanol–water partition coefficient (Wildman–Crippen LogP) is 8.52. The second-order valence-corrected chi connectivity index (χ2v) is 17.9. The van der Waals surface area contributed by atoms with Crippen LogP contribution < -0.4 is 4.74 Å². The van der Waals surface area contributed by atoms with Crippen molar-refractivity contribution < 1.29 is 17.9 Å². The van der Waals surface area contributed by atoms with Crippen molar-refractivity contribution in [2.75, 3.05) is 51.3 Å². The molecule has 0 bridgehead atoms. The molecule has 0 radical (unpaired) electrons. The van der Waals surface area contributed by atoms with Crippen LogP contribution in [0.1, 0.15) is 76.6 Å². The lowest BCUT2D eigenvalue weighted by Gasteiger charge is -2.39. The molecule has 11 heteroatoms. The number of carbonyl (C=O) groups is 1. The summed E-state index contributed by atoms with van der Waals surface area (Å²) in [4.78, 5) is 26.3. The fourth-order valence-corrected chi connectivity index (χ4v) is 7.05. The topological polar surface area (TPSA) is 82.5 Å². The van der Waals surface area contributed by atoms with Gasteiger partial charge in [0.05, 0.1) is 30.0 Å². The van der Waals surface area contributed by atoms with Gasteiger partial charge in [-0.3, -0.25) is 14.8 Å². The van der Waals surface area contributed by atoms with Crippen LogP contribution in [-0.2, 0) is 28.2 Å². The van der Waals surface area contributed by atoms with E-state index in [1.165, 1.54) is 6.26 Å². The average molecular weight is 758 g/mol. The Hall–Kier alpha value is -3.11. The maximum atomic E-state index is 14.9. The number of nitrogens with zero attached hydrogens (tertiary/aromatic N) is 4. The zero-order valence-electron chi connectivity index (χ0n) is 31.2. The number of benzene rings is 3. The number of aliphatic imine (C=N–C) groups is 1. The van der Waals surface area contributed by atoms with Crippen LogP contribution in [0, 0.1) is 0 Å². The summed E-state index contributed by atoms with van der Waals surface area (Å²) in [6, 6.07) is 21.5. The quantitative estimate of drug-likeness (QED) is 0.129. The lowest BCUT2D eigenvalue weighted by Crippen LogP contribution is -2.54. The van der Waals surface area contributed by atoms with E-state index in [1.807, 2.05) is 66.4 Å². The minimum absolute atomic E-state index is 0.117. The first-order valence-electron chi connectivity index (χ1n) is 17.8. The van der Waals surface area contributed by atoms with Crippen LogP contribution >= 0.6 is 23.2 Å². The maximum Gasteiger partial charge on any atom is 0.326 e. The molecule has 1 atom stereocenters. The fourth-order valence-electron chi connectivity index (χ4n) is 6.15. The SMILES string of the molecule is CCOc1cc(C(C)(C)C)ccc1/C(=N/C(C)(CC)Cc1ccc(Cl)cc1)N(Cc1ccc(Cl)cc1)C(=O)N1CCN(CCCS(C)(=O)=O)CC1. The summed E-state index contributed by atoms with van der Waals surface area (Å²) in [6.07, 6.45) is 3.20. The molecule has 4 rings (SSSR count). The summed E-state index contributed by atoms with van der Waals surface area (Å²) in [5.74, 6) is 1.38. The third-order valence-corrected chi connectivity index (χ3v) is 10.9. The van der Waals surface area contributed by atoms with E-state index in [0.717, 1.165) is 28.7 Å². The van der Waals surface area contributed by atoms with Crippen LogP contribution in [0.25, 0.3) is 0 Å². The molecule has 278 valence electrons. The highest BCUT2D eigenvalue weighted by atomic mass is 35.5. The van der Waals surface area contributed by atoms with Gasteiger partial charge in [0.2, 0.25) is 0 Å². The van der Waals surface area contributed by atoms with Crippen molar-refractivity contribution >= 4 is 44.9 Å². The van der Waals surface area contributed by atoms with Gasteiger partial charge in [-0.15, -0.1) is 0 Å². The minimum atomic E-state index is -3.02. The molecule has 0 N–H and O–H groups in total. The summed E-state index contributed by atoms with van der Waals surface area (Å²) in [5, 5.41) is 1.30. The highest BCUT2D eigenvalue weighted by Gasteiger charge is 2.33. The van der Waals surface area contributed by atoms with Crippen LogP contribution in [-0.4, -0.2) is 91.9 Å². The van der Waals surface area contributed by atoms with Crippen molar-refractivity contribution in [2.24, 2.45) is 4.99 Å². The van der Waals surface area contributed by atoms with Crippen molar-refractivity contribution in [1.82, 2.24) is 14.7 Å². The number of carbonyl (C=O) groups excluding carboxylic acids is 1. The molecule has 1 aliphatic heterocycles. The molecule has 1 unspecified atom stereocenters. The van der Waals surface area contributed by atoms with Crippen LogP contribution in [0.2, 0.25) is 10.0 Å². The van der Waals surface area contributed by atoms with E-state index in [9.17, 15) is 13.2 Å². The second-order valence-electron chi connectivity index (χ2n) is 14.8. The number of amides is 2. The first-order valence-corrected chi connectivity index (χ1v) is 20.6. The van der Waals surface area contributed by atoms with Gasteiger partial charge in [0.15, 0.2) is 0 Å². The van der Waals surface area contributed by atoms with Gasteiger partial charge in [-0.1, -0.05) is 81.2 Å². The number of halogens is 2. The number of hydrogen-bond acceptors (Lipinski definition) is 6. The number of rotatable bonds is 13. The molecule has 1 heterocycles. The molecule has 3 aromatic rings. The third kappa shape index (κ3) is 12.0. The smallest absolute Gasteiger partial charge is 0.326 e. The molecular formula is C40H54Cl2N4O4S. The molecule has 0 saturated carbocycles. The minimum Gasteiger partial charge on any atom is -0.493 e. The van der Waals surface area contributed by atoms with E-state index < -0.39 is 15.4 Å². The van der Waals surface area contributed by atoms with E-state index in [0.29, 0.717) is 73.8 Å². The summed E-state index contributed by atoms with van der Waals surface area (Å²) < 4.78 is 29.7. The predicted molar refractivity (Wildman–Crippen MR) is 211 cm³/mol. The Kier molecular flexibility index (Phi) is 14.0. The third-order valence-electron chi connectivity index (χ3n) is 9.40.